The van der Waals surface area contributed by atoms with Crippen molar-refractivity contribution in [1.29, 1.82) is 0 Å². The Kier molecular flexibility index (Phi) is 8.04. The summed E-state index contributed by atoms with van der Waals surface area (Å²) in [5.74, 6) is 0.312. The number of aliphatic hydroxyl groups is 1. The topological polar surface area (TPSA) is 139 Å². The van der Waals surface area contributed by atoms with Crippen LogP contribution in [0.3, 0.4) is 0 Å². The lowest BCUT2D eigenvalue weighted by Gasteiger charge is -2.44. The van der Waals surface area contributed by atoms with Gasteiger partial charge in [-0.25, -0.2) is 9.97 Å². The third-order valence-electron chi connectivity index (χ3n) is 6.41. The number of anilines is 2. The molecule has 14 heteroatoms. The summed E-state index contributed by atoms with van der Waals surface area (Å²) in [5.41, 5.74) is 0.0871. The lowest BCUT2D eigenvalue weighted by atomic mass is 9.84. The molecule has 3 N–H and O–H groups in total. The van der Waals surface area contributed by atoms with Crippen molar-refractivity contribution in [3.8, 4) is 5.88 Å². The van der Waals surface area contributed by atoms with E-state index in [2.05, 4.69) is 30.5 Å². The molecule has 0 aromatic carbocycles. The van der Waals surface area contributed by atoms with Gasteiger partial charge >= 0.3 is 11.9 Å². The summed E-state index contributed by atoms with van der Waals surface area (Å²) in [5, 5.41) is 26.9. The predicted molar refractivity (Wildman–Crippen MR) is 124 cm³/mol. The number of nitrogens with one attached hydrogen (secondary N) is 2. The van der Waals surface area contributed by atoms with E-state index in [-0.39, 0.29) is 36.0 Å². The molecule has 2 aliphatic rings. The number of ether oxygens (including phenoxy) is 1. The number of aliphatic hydroxyl groups excluding tert-OH is 1. The van der Waals surface area contributed by atoms with Gasteiger partial charge in [-0.1, -0.05) is 6.07 Å². The van der Waals surface area contributed by atoms with E-state index in [0.717, 1.165) is 45.0 Å². The monoisotopic (exact) mass is 511 g/mol. The fraction of sp³-hybridized carbons (Fsp3) is 0.591. The molecule has 0 unspecified atom stereocenters. The van der Waals surface area contributed by atoms with Crippen molar-refractivity contribution in [2.24, 2.45) is 5.92 Å². The van der Waals surface area contributed by atoms with Gasteiger partial charge in [0.05, 0.1) is 11.0 Å². The minimum atomic E-state index is -4.50. The lowest BCUT2D eigenvalue weighted by Crippen LogP contribution is -2.56. The van der Waals surface area contributed by atoms with Crippen molar-refractivity contribution < 1.29 is 27.9 Å². The molecule has 2 aromatic rings. The van der Waals surface area contributed by atoms with E-state index in [4.69, 9.17) is 4.74 Å². The first-order chi connectivity index (χ1) is 17.2. The van der Waals surface area contributed by atoms with Gasteiger partial charge in [-0.15, -0.1) is 0 Å². The van der Waals surface area contributed by atoms with Crippen LogP contribution in [-0.4, -0.2) is 74.4 Å². The zero-order valence-electron chi connectivity index (χ0n) is 19.4. The Morgan fingerprint density at radius 1 is 1.19 bits per heavy atom. The normalized spacial score (nSPS) is 21.0. The number of pyridine rings is 1. The van der Waals surface area contributed by atoms with Crippen LogP contribution in [0.2, 0.25) is 0 Å². The summed E-state index contributed by atoms with van der Waals surface area (Å²) in [6.45, 7) is 0.510. The molecule has 2 aromatic heterocycles. The molecule has 36 heavy (non-hydrogen) atoms. The van der Waals surface area contributed by atoms with Gasteiger partial charge in [0.15, 0.2) is 6.61 Å². The number of β-amino-alcohol motifs (C(OH)–C–C–N with tert-alkyl or cyclic N) is 1. The smallest absolute Gasteiger partial charge is 0.422 e. The summed E-state index contributed by atoms with van der Waals surface area (Å²) < 4.78 is 42.3. The second-order valence-corrected chi connectivity index (χ2v) is 9.07. The van der Waals surface area contributed by atoms with Crippen LogP contribution in [-0.2, 0) is 6.54 Å². The first kappa shape index (κ1) is 25.8. The van der Waals surface area contributed by atoms with E-state index in [0.29, 0.717) is 24.1 Å². The van der Waals surface area contributed by atoms with Crippen LogP contribution in [0, 0.1) is 16.0 Å². The van der Waals surface area contributed by atoms with E-state index in [9.17, 15) is 28.4 Å². The largest absolute Gasteiger partial charge is 0.468 e. The van der Waals surface area contributed by atoms with E-state index in [1.54, 1.807) is 12.1 Å². The van der Waals surface area contributed by atoms with Crippen LogP contribution in [0.5, 0.6) is 5.88 Å². The highest BCUT2D eigenvalue weighted by Gasteiger charge is 2.33. The molecule has 0 bridgehead atoms. The highest BCUT2D eigenvalue weighted by molar-refractivity contribution is 5.57. The molecule has 2 fully saturated rings. The molecule has 196 valence electrons. The average Bonchev–Trinajstić information content (AvgIpc) is 2.83. The third kappa shape index (κ3) is 6.91. The summed E-state index contributed by atoms with van der Waals surface area (Å²) in [6, 6.07) is 3.58. The Balaban J connectivity index is 1.34. The molecule has 0 radical (unpaired) electrons. The van der Waals surface area contributed by atoms with Crippen LogP contribution >= 0.6 is 0 Å². The molecule has 11 nitrogen and oxygen atoms in total. The molecule has 1 saturated carbocycles. The number of rotatable bonds is 10. The number of nitro groups is 1. The maximum Gasteiger partial charge on any atom is 0.422 e. The van der Waals surface area contributed by atoms with Gasteiger partial charge in [0.2, 0.25) is 17.6 Å². The first-order valence-corrected chi connectivity index (χ1v) is 11.7. The Labute approximate surface area is 205 Å². The van der Waals surface area contributed by atoms with Crippen LogP contribution < -0.4 is 15.4 Å². The zero-order chi connectivity index (χ0) is 25.7. The molecule has 0 amide bonds. The highest BCUT2D eigenvalue weighted by Crippen LogP contribution is 2.31. The van der Waals surface area contributed by atoms with E-state index in [1.165, 1.54) is 6.20 Å². The third-order valence-corrected chi connectivity index (χ3v) is 6.41. The van der Waals surface area contributed by atoms with Crippen molar-refractivity contribution in [3.63, 3.8) is 0 Å². The van der Waals surface area contributed by atoms with Gasteiger partial charge in [0.25, 0.3) is 0 Å². The van der Waals surface area contributed by atoms with Crippen LogP contribution in [0.25, 0.3) is 0 Å². The number of likely N-dealkylation sites (tertiary alicyclic amines) is 1. The molecule has 3 heterocycles. The molecular formula is C22H28F3N7O4. The fourth-order valence-corrected chi connectivity index (χ4v) is 4.48. The highest BCUT2D eigenvalue weighted by atomic mass is 19.4. The van der Waals surface area contributed by atoms with Gasteiger partial charge in [0, 0.05) is 44.0 Å². The van der Waals surface area contributed by atoms with Gasteiger partial charge in [-0.2, -0.15) is 18.2 Å². The molecule has 0 spiro atoms. The van der Waals surface area contributed by atoms with Crippen molar-refractivity contribution in [1.82, 2.24) is 19.9 Å². The second kappa shape index (κ2) is 11.2. The van der Waals surface area contributed by atoms with Crippen molar-refractivity contribution in [3.05, 3.63) is 40.2 Å². The minimum absolute atomic E-state index is 0.00743. The number of alkyl halides is 3. The molecule has 1 saturated heterocycles. The number of aromatic nitrogens is 3. The van der Waals surface area contributed by atoms with Gasteiger partial charge in [-0.05, 0) is 37.7 Å². The Morgan fingerprint density at radius 3 is 2.61 bits per heavy atom. The number of halogens is 3. The first-order valence-electron chi connectivity index (χ1n) is 11.7. The minimum Gasteiger partial charge on any atom is -0.468 e. The fourth-order valence-electron chi connectivity index (χ4n) is 4.48. The Bertz CT molecular complexity index is 1040. The summed E-state index contributed by atoms with van der Waals surface area (Å²) in [7, 11) is 0. The standard InChI is InChI=1S/C22H28F3N7O4/c23-22(24,25)13-36-20-15(2-1-7-26-20)9-28-21-29-10-18(32(34)35)19(30-21)27-8-14-3-5-16(6-4-14)31-11-17(33)12-31/h1-2,7,10,14,16-17,33H,3-6,8-9,11-13H2,(H2,27,28,29,30). The number of hydrogen-bond donors (Lipinski definition) is 3. The molecule has 1 aliphatic heterocycles. The predicted octanol–water partition coefficient (Wildman–Crippen LogP) is 2.98. The Morgan fingerprint density at radius 2 is 1.94 bits per heavy atom. The number of hydrogen-bond acceptors (Lipinski definition) is 10. The SMILES string of the molecule is O=[N+]([O-])c1cnc(NCc2cccnc2OCC(F)(F)F)nc1NCC1CCC(N2CC(O)C2)CC1. The van der Waals surface area contributed by atoms with Crippen molar-refractivity contribution in [2.75, 3.05) is 36.9 Å². The second-order valence-electron chi connectivity index (χ2n) is 9.07. The summed E-state index contributed by atoms with van der Waals surface area (Å²) in [6.07, 6.45) is 1.66. The van der Waals surface area contributed by atoms with E-state index < -0.39 is 17.7 Å². The van der Waals surface area contributed by atoms with Crippen molar-refractivity contribution >= 4 is 17.5 Å². The maximum absolute atomic E-state index is 12.5. The Hall–Kier alpha value is -3.26. The van der Waals surface area contributed by atoms with Crippen molar-refractivity contribution in [2.45, 2.75) is 50.6 Å². The van der Waals surface area contributed by atoms with Gasteiger partial charge in [0.1, 0.15) is 6.20 Å². The van der Waals surface area contributed by atoms with Gasteiger partial charge in [-0.3, -0.25) is 15.0 Å². The summed E-state index contributed by atoms with van der Waals surface area (Å²) >= 11 is 0. The van der Waals surface area contributed by atoms with Gasteiger partial charge < -0.3 is 20.5 Å². The number of nitrogens with zero attached hydrogens (tertiary/aromatic N) is 5. The molecule has 0 atom stereocenters. The summed E-state index contributed by atoms with van der Waals surface area (Å²) in [4.78, 5) is 25.2. The molecule has 1 aliphatic carbocycles. The van der Waals surface area contributed by atoms with E-state index >= 15 is 0 Å². The lowest BCUT2D eigenvalue weighted by molar-refractivity contribution is -0.384. The molecular weight excluding hydrogens is 483 g/mol. The average molecular weight is 512 g/mol. The maximum atomic E-state index is 12.5. The zero-order valence-corrected chi connectivity index (χ0v) is 19.4. The van der Waals surface area contributed by atoms with Crippen LogP contribution in [0.1, 0.15) is 31.2 Å². The van der Waals surface area contributed by atoms with Crippen LogP contribution in [0.4, 0.5) is 30.6 Å². The van der Waals surface area contributed by atoms with Crippen LogP contribution in [0.15, 0.2) is 24.5 Å². The molecule has 4 rings (SSSR count). The van der Waals surface area contributed by atoms with E-state index in [1.807, 2.05) is 0 Å². The quantitative estimate of drug-likeness (QED) is 0.322.